The minimum absolute atomic E-state index is 0.161. The van der Waals surface area contributed by atoms with Crippen LogP contribution < -0.4 is 11.1 Å². The second-order valence-corrected chi connectivity index (χ2v) is 5.06. The second-order valence-electron chi connectivity index (χ2n) is 5.06. The largest absolute Gasteiger partial charge is 0.382 e. The Morgan fingerprint density at radius 2 is 1.83 bits per heavy atom. The number of nitrogens with one attached hydrogen (secondary N) is 1. The molecule has 0 rings (SSSR count). The number of nitrogens with two attached hydrogens (primary N) is 1. The van der Waals surface area contributed by atoms with E-state index in [0.717, 1.165) is 0 Å². The maximum atomic E-state index is 11.6. The highest BCUT2D eigenvalue weighted by Crippen LogP contribution is 2.16. The average molecular weight is 262 g/mol. The molecule has 0 unspecified atom stereocenters. The topological polar surface area (TPSA) is 82.8 Å². The molecule has 0 radical (unpaired) electrons. The number of ether oxygens (including phenoxy) is 3. The Labute approximate surface area is 109 Å². The second kappa shape index (κ2) is 9.27. The van der Waals surface area contributed by atoms with Crippen LogP contribution in [0.2, 0.25) is 0 Å². The van der Waals surface area contributed by atoms with Crippen molar-refractivity contribution in [3.05, 3.63) is 0 Å². The lowest BCUT2D eigenvalue weighted by Crippen LogP contribution is -2.49. The maximum absolute atomic E-state index is 11.6. The number of methoxy groups -OCH3 is 1. The van der Waals surface area contributed by atoms with Gasteiger partial charge in [-0.25, -0.2) is 0 Å². The van der Waals surface area contributed by atoms with Crippen molar-refractivity contribution in [1.82, 2.24) is 5.32 Å². The van der Waals surface area contributed by atoms with Crippen LogP contribution in [0.5, 0.6) is 0 Å². The summed E-state index contributed by atoms with van der Waals surface area (Å²) in [5, 5.41) is 2.72. The first-order valence-corrected chi connectivity index (χ1v) is 6.07. The van der Waals surface area contributed by atoms with Crippen LogP contribution in [0.3, 0.4) is 0 Å². The molecule has 0 fully saturated rings. The summed E-state index contributed by atoms with van der Waals surface area (Å²) in [6.45, 7) is 7.85. The third-order valence-corrected chi connectivity index (χ3v) is 2.36. The predicted octanol–water partition coefficient (Wildman–Crippen LogP) is 0.113. The molecule has 0 aromatic rings. The summed E-state index contributed by atoms with van der Waals surface area (Å²) >= 11 is 0. The van der Waals surface area contributed by atoms with Crippen molar-refractivity contribution in [1.29, 1.82) is 0 Å². The van der Waals surface area contributed by atoms with Crippen LogP contribution in [0.1, 0.15) is 20.8 Å². The zero-order valence-electron chi connectivity index (χ0n) is 11.8. The highest BCUT2D eigenvalue weighted by atomic mass is 16.7. The smallest absolute Gasteiger partial charge is 0.237 e. The monoisotopic (exact) mass is 262 g/mol. The van der Waals surface area contributed by atoms with Gasteiger partial charge in [0.2, 0.25) is 5.91 Å². The first kappa shape index (κ1) is 17.3. The number of rotatable bonds is 9. The van der Waals surface area contributed by atoms with E-state index in [1.54, 1.807) is 7.11 Å². The molecule has 0 bridgehead atoms. The number of carbonyl (C=O) groups excluding carboxylic acids is 1. The SMILES string of the molecule is COCCOCOCCNC(=O)[C@@H](N)C(C)(C)C. The highest BCUT2D eigenvalue weighted by Gasteiger charge is 2.26. The minimum atomic E-state index is -0.518. The number of hydrogen-bond acceptors (Lipinski definition) is 5. The fourth-order valence-corrected chi connectivity index (χ4v) is 1.07. The minimum Gasteiger partial charge on any atom is -0.382 e. The fourth-order valence-electron chi connectivity index (χ4n) is 1.07. The molecule has 6 heteroatoms. The van der Waals surface area contributed by atoms with Crippen LogP contribution in [0.15, 0.2) is 0 Å². The summed E-state index contributed by atoms with van der Waals surface area (Å²) in [6, 6.07) is -0.518. The highest BCUT2D eigenvalue weighted by molar-refractivity contribution is 5.82. The lowest BCUT2D eigenvalue weighted by molar-refractivity contribution is -0.125. The average Bonchev–Trinajstić information content (AvgIpc) is 2.30. The summed E-state index contributed by atoms with van der Waals surface area (Å²) < 4.78 is 15.1. The number of hydrogen-bond donors (Lipinski definition) is 2. The van der Waals surface area contributed by atoms with E-state index in [1.165, 1.54) is 0 Å². The van der Waals surface area contributed by atoms with Gasteiger partial charge in [-0.3, -0.25) is 4.79 Å². The van der Waals surface area contributed by atoms with Crippen LogP contribution in [-0.4, -0.2) is 52.2 Å². The Kier molecular flexibility index (Phi) is 8.91. The molecular weight excluding hydrogens is 236 g/mol. The van der Waals surface area contributed by atoms with E-state index < -0.39 is 6.04 Å². The molecule has 0 aliphatic rings. The van der Waals surface area contributed by atoms with Gasteiger partial charge in [0.05, 0.1) is 25.9 Å². The van der Waals surface area contributed by atoms with E-state index >= 15 is 0 Å². The van der Waals surface area contributed by atoms with Crippen LogP contribution in [0.4, 0.5) is 0 Å². The van der Waals surface area contributed by atoms with Crippen molar-refractivity contribution in [2.75, 3.05) is 40.3 Å². The van der Waals surface area contributed by atoms with E-state index in [2.05, 4.69) is 5.32 Å². The lowest BCUT2D eigenvalue weighted by Gasteiger charge is -2.25. The first-order chi connectivity index (χ1) is 8.39. The van der Waals surface area contributed by atoms with Gasteiger partial charge in [0.1, 0.15) is 6.79 Å². The zero-order chi connectivity index (χ0) is 14.0. The molecule has 1 atom stereocenters. The molecule has 0 saturated carbocycles. The lowest BCUT2D eigenvalue weighted by atomic mass is 9.87. The molecule has 0 spiro atoms. The Bertz CT molecular complexity index is 229. The molecule has 1 amide bonds. The van der Waals surface area contributed by atoms with E-state index in [9.17, 15) is 4.79 Å². The van der Waals surface area contributed by atoms with Gasteiger partial charge in [-0.2, -0.15) is 0 Å². The van der Waals surface area contributed by atoms with Gasteiger partial charge in [0.25, 0.3) is 0 Å². The van der Waals surface area contributed by atoms with Gasteiger partial charge in [0, 0.05) is 13.7 Å². The molecule has 108 valence electrons. The van der Waals surface area contributed by atoms with Crippen molar-refractivity contribution in [3.8, 4) is 0 Å². The van der Waals surface area contributed by atoms with E-state index in [4.69, 9.17) is 19.9 Å². The van der Waals surface area contributed by atoms with E-state index in [1.807, 2.05) is 20.8 Å². The van der Waals surface area contributed by atoms with Gasteiger partial charge < -0.3 is 25.3 Å². The van der Waals surface area contributed by atoms with Gasteiger partial charge in [0.15, 0.2) is 0 Å². The third-order valence-electron chi connectivity index (χ3n) is 2.36. The van der Waals surface area contributed by atoms with Crippen molar-refractivity contribution in [2.45, 2.75) is 26.8 Å². The zero-order valence-corrected chi connectivity index (χ0v) is 11.8. The van der Waals surface area contributed by atoms with Crippen LogP contribution in [0, 0.1) is 5.41 Å². The first-order valence-electron chi connectivity index (χ1n) is 6.07. The van der Waals surface area contributed by atoms with E-state index in [-0.39, 0.29) is 18.1 Å². The standard InChI is InChI=1S/C12H26N2O4/c1-12(2,3)10(13)11(15)14-5-6-17-9-18-8-7-16-4/h10H,5-9,13H2,1-4H3,(H,14,15)/t10-/m1/s1. The summed E-state index contributed by atoms with van der Waals surface area (Å²) in [4.78, 5) is 11.6. The van der Waals surface area contributed by atoms with Gasteiger partial charge in [-0.1, -0.05) is 20.8 Å². The van der Waals surface area contributed by atoms with Crippen molar-refractivity contribution < 1.29 is 19.0 Å². The Morgan fingerprint density at radius 1 is 1.22 bits per heavy atom. The molecule has 0 aliphatic heterocycles. The third kappa shape index (κ3) is 8.41. The Hall–Kier alpha value is -0.690. The van der Waals surface area contributed by atoms with Gasteiger partial charge in [-0.05, 0) is 5.41 Å². The van der Waals surface area contributed by atoms with Crippen LogP contribution >= 0.6 is 0 Å². The molecule has 3 N–H and O–H groups in total. The van der Waals surface area contributed by atoms with Crippen LogP contribution in [0.25, 0.3) is 0 Å². The number of carbonyl (C=O) groups is 1. The normalized spacial score (nSPS) is 13.4. The summed E-state index contributed by atoms with van der Waals surface area (Å²) in [7, 11) is 1.61. The molecule has 0 aliphatic carbocycles. The predicted molar refractivity (Wildman–Crippen MR) is 69.1 cm³/mol. The summed E-state index contributed by atoms with van der Waals surface area (Å²) in [5.41, 5.74) is 5.56. The van der Waals surface area contributed by atoms with Crippen molar-refractivity contribution in [3.63, 3.8) is 0 Å². The Balaban J connectivity index is 3.47. The molecule has 18 heavy (non-hydrogen) atoms. The van der Waals surface area contributed by atoms with Crippen molar-refractivity contribution in [2.24, 2.45) is 11.1 Å². The van der Waals surface area contributed by atoms with Gasteiger partial charge >= 0.3 is 0 Å². The van der Waals surface area contributed by atoms with Crippen molar-refractivity contribution >= 4 is 5.91 Å². The molecule has 6 nitrogen and oxygen atoms in total. The molecule has 0 saturated heterocycles. The van der Waals surface area contributed by atoms with E-state index in [0.29, 0.717) is 26.4 Å². The summed E-state index contributed by atoms with van der Waals surface area (Å²) in [6.07, 6.45) is 0. The molecule has 0 aromatic heterocycles. The maximum Gasteiger partial charge on any atom is 0.237 e. The molecule has 0 heterocycles. The molecule has 0 aromatic carbocycles. The van der Waals surface area contributed by atoms with Crippen LogP contribution in [-0.2, 0) is 19.0 Å². The summed E-state index contributed by atoms with van der Waals surface area (Å²) in [5.74, 6) is -0.161. The molecular formula is C12H26N2O4. The quantitative estimate of drug-likeness (QED) is 0.455. The van der Waals surface area contributed by atoms with Gasteiger partial charge in [-0.15, -0.1) is 0 Å². The Morgan fingerprint density at radius 3 is 2.39 bits per heavy atom. The number of amides is 1. The fraction of sp³-hybridized carbons (Fsp3) is 0.917.